The van der Waals surface area contributed by atoms with Gasteiger partial charge in [0.15, 0.2) is 0 Å². The van der Waals surface area contributed by atoms with Crippen LogP contribution in [0.25, 0.3) is 0 Å². The SMILES string of the molecule is NC1CCN(CCN2CC=CCC2)CC1. The molecule has 1 saturated heterocycles. The average Bonchev–Trinajstić information content (AvgIpc) is 2.30. The van der Waals surface area contributed by atoms with E-state index in [1.807, 2.05) is 0 Å². The summed E-state index contributed by atoms with van der Waals surface area (Å²) in [5.41, 5.74) is 5.89. The van der Waals surface area contributed by atoms with Crippen LogP contribution in [0, 0.1) is 0 Å². The molecule has 15 heavy (non-hydrogen) atoms. The topological polar surface area (TPSA) is 32.5 Å². The van der Waals surface area contributed by atoms with Gasteiger partial charge in [-0.2, -0.15) is 0 Å². The molecule has 0 amide bonds. The van der Waals surface area contributed by atoms with E-state index >= 15 is 0 Å². The van der Waals surface area contributed by atoms with E-state index in [0.717, 1.165) is 6.54 Å². The number of likely N-dealkylation sites (tertiary alicyclic amines) is 1. The summed E-state index contributed by atoms with van der Waals surface area (Å²) in [6.45, 7) is 7.23. The molecule has 0 aromatic heterocycles. The molecule has 0 saturated carbocycles. The van der Waals surface area contributed by atoms with Crippen molar-refractivity contribution < 1.29 is 0 Å². The quantitative estimate of drug-likeness (QED) is 0.694. The van der Waals surface area contributed by atoms with Gasteiger partial charge in [-0.1, -0.05) is 12.2 Å². The maximum absolute atomic E-state index is 5.89. The molecule has 86 valence electrons. The van der Waals surface area contributed by atoms with Crippen LogP contribution in [-0.2, 0) is 0 Å². The van der Waals surface area contributed by atoms with Gasteiger partial charge in [-0.15, -0.1) is 0 Å². The predicted molar refractivity (Wildman–Crippen MR) is 63.8 cm³/mol. The van der Waals surface area contributed by atoms with Crippen molar-refractivity contribution in [2.24, 2.45) is 5.73 Å². The Morgan fingerprint density at radius 1 is 1.00 bits per heavy atom. The highest BCUT2D eigenvalue weighted by Gasteiger charge is 2.16. The first-order valence-electron chi connectivity index (χ1n) is 6.20. The Morgan fingerprint density at radius 3 is 2.40 bits per heavy atom. The average molecular weight is 209 g/mol. The van der Waals surface area contributed by atoms with Crippen LogP contribution in [-0.4, -0.2) is 55.1 Å². The number of hydrogen-bond donors (Lipinski definition) is 1. The maximum atomic E-state index is 5.89. The Kier molecular flexibility index (Phi) is 4.18. The standard InChI is InChI=1S/C12H23N3/c13-12-4-8-15(9-5-12)11-10-14-6-2-1-3-7-14/h1-2,12H,3-11,13H2. The number of piperidine rings is 1. The van der Waals surface area contributed by atoms with Gasteiger partial charge in [0.2, 0.25) is 0 Å². The monoisotopic (exact) mass is 209 g/mol. The van der Waals surface area contributed by atoms with Crippen molar-refractivity contribution in [2.75, 3.05) is 39.3 Å². The van der Waals surface area contributed by atoms with Gasteiger partial charge in [0.05, 0.1) is 0 Å². The van der Waals surface area contributed by atoms with Gasteiger partial charge in [-0.25, -0.2) is 0 Å². The fourth-order valence-corrected chi connectivity index (χ4v) is 2.35. The molecular weight excluding hydrogens is 186 g/mol. The van der Waals surface area contributed by atoms with Crippen LogP contribution >= 0.6 is 0 Å². The van der Waals surface area contributed by atoms with Crippen LogP contribution < -0.4 is 5.73 Å². The zero-order chi connectivity index (χ0) is 10.5. The summed E-state index contributed by atoms with van der Waals surface area (Å²) < 4.78 is 0. The van der Waals surface area contributed by atoms with Crippen LogP contribution in [0.15, 0.2) is 12.2 Å². The minimum Gasteiger partial charge on any atom is -0.328 e. The molecule has 2 rings (SSSR count). The van der Waals surface area contributed by atoms with E-state index in [9.17, 15) is 0 Å². The van der Waals surface area contributed by atoms with E-state index in [1.54, 1.807) is 0 Å². The summed E-state index contributed by atoms with van der Waals surface area (Å²) in [6, 6.07) is 0.458. The van der Waals surface area contributed by atoms with Crippen molar-refractivity contribution >= 4 is 0 Å². The smallest absolute Gasteiger partial charge is 0.0163 e. The van der Waals surface area contributed by atoms with Gasteiger partial charge in [0.1, 0.15) is 0 Å². The Labute approximate surface area is 92.9 Å². The van der Waals surface area contributed by atoms with E-state index in [2.05, 4.69) is 22.0 Å². The van der Waals surface area contributed by atoms with Gasteiger partial charge in [0, 0.05) is 32.2 Å². The predicted octanol–water partition coefficient (Wildman–Crippen LogP) is 0.671. The molecule has 0 radical (unpaired) electrons. The van der Waals surface area contributed by atoms with Crippen molar-refractivity contribution in [1.29, 1.82) is 0 Å². The minimum atomic E-state index is 0.458. The van der Waals surface area contributed by atoms with Gasteiger partial charge in [-0.05, 0) is 32.4 Å². The maximum Gasteiger partial charge on any atom is 0.0163 e. The lowest BCUT2D eigenvalue weighted by molar-refractivity contribution is 0.178. The lowest BCUT2D eigenvalue weighted by Gasteiger charge is -2.32. The first-order valence-corrected chi connectivity index (χ1v) is 6.20. The van der Waals surface area contributed by atoms with Crippen molar-refractivity contribution in [3.05, 3.63) is 12.2 Å². The molecule has 1 fully saturated rings. The highest BCUT2D eigenvalue weighted by Crippen LogP contribution is 2.08. The molecule has 2 N–H and O–H groups in total. The molecule has 2 aliphatic heterocycles. The first-order chi connectivity index (χ1) is 7.34. The number of nitrogens with two attached hydrogens (primary N) is 1. The number of nitrogens with zero attached hydrogens (tertiary/aromatic N) is 2. The molecule has 0 bridgehead atoms. The van der Waals surface area contributed by atoms with Crippen LogP contribution in [0.3, 0.4) is 0 Å². The van der Waals surface area contributed by atoms with Crippen LogP contribution in [0.2, 0.25) is 0 Å². The molecule has 0 aromatic carbocycles. The second-order valence-corrected chi connectivity index (χ2v) is 4.74. The van der Waals surface area contributed by atoms with E-state index < -0.39 is 0 Å². The van der Waals surface area contributed by atoms with E-state index in [1.165, 1.54) is 52.0 Å². The van der Waals surface area contributed by atoms with Gasteiger partial charge in [0.25, 0.3) is 0 Å². The zero-order valence-electron chi connectivity index (χ0n) is 9.57. The molecule has 2 heterocycles. The van der Waals surface area contributed by atoms with Gasteiger partial charge >= 0.3 is 0 Å². The second-order valence-electron chi connectivity index (χ2n) is 4.74. The Bertz CT molecular complexity index is 207. The minimum absolute atomic E-state index is 0.458. The summed E-state index contributed by atoms with van der Waals surface area (Å²) in [7, 11) is 0. The summed E-state index contributed by atoms with van der Waals surface area (Å²) in [6.07, 6.45) is 8.16. The summed E-state index contributed by atoms with van der Waals surface area (Å²) in [5.74, 6) is 0. The molecular formula is C12H23N3. The fourth-order valence-electron chi connectivity index (χ4n) is 2.35. The Morgan fingerprint density at radius 2 is 1.73 bits per heavy atom. The lowest BCUT2D eigenvalue weighted by atomic mass is 10.1. The first kappa shape index (κ1) is 11.1. The molecule has 2 aliphatic rings. The lowest BCUT2D eigenvalue weighted by Crippen LogP contribution is -2.43. The third-order valence-electron chi connectivity index (χ3n) is 3.51. The molecule has 0 aliphatic carbocycles. The van der Waals surface area contributed by atoms with Crippen LogP contribution in [0.1, 0.15) is 19.3 Å². The molecule has 0 atom stereocenters. The normalized spacial score (nSPS) is 25.9. The Balaban J connectivity index is 1.63. The molecule has 0 aromatic rings. The summed E-state index contributed by atoms with van der Waals surface area (Å²) in [4.78, 5) is 5.09. The van der Waals surface area contributed by atoms with Crippen molar-refractivity contribution in [2.45, 2.75) is 25.3 Å². The number of rotatable bonds is 3. The van der Waals surface area contributed by atoms with Crippen LogP contribution in [0.4, 0.5) is 0 Å². The molecule has 0 spiro atoms. The van der Waals surface area contributed by atoms with E-state index in [4.69, 9.17) is 5.73 Å². The third-order valence-corrected chi connectivity index (χ3v) is 3.51. The second kappa shape index (κ2) is 5.64. The fraction of sp³-hybridized carbons (Fsp3) is 0.833. The van der Waals surface area contributed by atoms with Crippen molar-refractivity contribution in [3.63, 3.8) is 0 Å². The molecule has 3 nitrogen and oxygen atoms in total. The third kappa shape index (κ3) is 3.59. The van der Waals surface area contributed by atoms with Crippen LogP contribution in [0.5, 0.6) is 0 Å². The highest BCUT2D eigenvalue weighted by atomic mass is 15.2. The zero-order valence-corrected chi connectivity index (χ0v) is 9.57. The van der Waals surface area contributed by atoms with Crippen molar-refractivity contribution in [1.82, 2.24) is 9.80 Å². The van der Waals surface area contributed by atoms with Gasteiger partial charge < -0.3 is 10.6 Å². The van der Waals surface area contributed by atoms with Crippen molar-refractivity contribution in [3.8, 4) is 0 Å². The highest BCUT2D eigenvalue weighted by molar-refractivity contribution is 4.90. The summed E-state index contributed by atoms with van der Waals surface area (Å²) >= 11 is 0. The van der Waals surface area contributed by atoms with E-state index in [0.29, 0.717) is 6.04 Å². The largest absolute Gasteiger partial charge is 0.328 e. The molecule has 0 unspecified atom stereocenters. The van der Waals surface area contributed by atoms with Gasteiger partial charge in [-0.3, -0.25) is 4.90 Å². The van der Waals surface area contributed by atoms with E-state index in [-0.39, 0.29) is 0 Å². The number of hydrogen-bond acceptors (Lipinski definition) is 3. The molecule has 3 heteroatoms. The Hall–Kier alpha value is -0.380. The summed E-state index contributed by atoms with van der Waals surface area (Å²) in [5, 5.41) is 0.